The zero-order chi connectivity index (χ0) is 22.2. The predicted octanol–water partition coefficient (Wildman–Crippen LogP) is 7.36. The van der Waals surface area contributed by atoms with Crippen molar-refractivity contribution in [3.05, 3.63) is 0 Å². The molecule has 4 aliphatic carbocycles. The fourth-order valence-electron chi connectivity index (χ4n) is 9.02. The van der Waals surface area contributed by atoms with Gasteiger partial charge in [0.15, 0.2) is 0 Å². The molecule has 180 valence electrons. The fraction of sp³-hybridized carbons (Fsp3) is 1.00. The van der Waals surface area contributed by atoms with Crippen molar-refractivity contribution in [1.29, 1.82) is 0 Å². The van der Waals surface area contributed by atoms with Gasteiger partial charge in [0.1, 0.15) is 0 Å². The maximum atomic E-state index is 11.6. The first-order valence-corrected chi connectivity index (χ1v) is 14.1. The van der Waals surface area contributed by atoms with Crippen molar-refractivity contribution in [1.82, 2.24) is 0 Å². The van der Waals surface area contributed by atoms with Crippen molar-refractivity contribution < 1.29 is 10.2 Å². The largest absolute Gasteiger partial charge is 0.393 e. The summed E-state index contributed by atoms with van der Waals surface area (Å²) in [5, 5.41) is 23.3. The fourth-order valence-corrected chi connectivity index (χ4v) is 9.02. The van der Waals surface area contributed by atoms with E-state index >= 15 is 0 Å². The minimum absolute atomic E-state index is 0.160. The van der Waals surface area contributed by atoms with Crippen molar-refractivity contribution in [3.63, 3.8) is 0 Å². The Bertz CT molecular complexity index is 523. The summed E-state index contributed by atoms with van der Waals surface area (Å²) in [6, 6.07) is 0. The second-order valence-corrected chi connectivity index (χ2v) is 13.5. The topological polar surface area (TPSA) is 40.5 Å². The van der Waals surface area contributed by atoms with E-state index in [1.54, 1.807) is 0 Å². The van der Waals surface area contributed by atoms with Crippen LogP contribution in [0.5, 0.6) is 0 Å². The molecule has 0 saturated heterocycles. The standard InChI is InChI=1S/C29H52O2/c1-20-15-22(26(30)24(17-20)28(3)11-7-5-8-12-28)19-23-16-21(2)18-25(27(23)31)29(4)13-9-6-10-14-29/h20-27,30-31H,5-19H2,1-4H3. The highest BCUT2D eigenvalue weighted by Gasteiger charge is 2.49. The summed E-state index contributed by atoms with van der Waals surface area (Å²) in [6.45, 7) is 9.80. The Morgan fingerprint density at radius 2 is 0.935 bits per heavy atom. The van der Waals surface area contributed by atoms with Gasteiger partial charge in [0.05, 0.1) is 12.2 Å². The lowest BCUT2D eigenvalue weighted by atomic mass is 9.55. The van der Waals surface area contributed by atoms with Crippen LogP contribution in [-0.2, 0) is 0 Å². The minimum Gasteiger partial charge on any atom is -0.393 e. The second kappa shape index (κ2) is 9.65. The highest BCUT2D eigenvalue weighted by molar-refractivity contribution is 4.99. The Kier molecular flexibility index (Phi) is 7.49. The first kappa shape index (κ1) is 24.1. The molecule has 31 heavy (non-hydrogen) atoms. The van der Waals surface area contributed by atoms with Crippen LogP contribution in [0.15, 0.2) is 0 Å². The van der Waals surface area contributed by atoms with Crippen LogP contribution in [0.4, 0.5) is 0 Å². The molecule has 0 radical (unpaired) electrons. The van der Waals surface area contributed by atoms with E-state index < -0.39 is 0 Å². The molecule has 4 rings (SSSR count). The Morgan fingerprint density at radius 3 is 1.29 bits per heavy atom. The van der Waals surface area contributed by atoms with Crippen molar-refractivity contribution in [2.75, 3.05) is 0 Å². The van der Waals surface area contributed by atoms with Crippen molar-refractivity contribution in [3.8, 4) is 0 Å². The highest BCUT2D eigenvalue weighted by atomic mass is 16.3. The van der Waals surface area contributed by atoms with Gasteiger partial charge in [-0.25, -0.2) is 0 Å². The quantitative estimate of drug-likeness (QED) is 0.487. The predicted molar refractivity (Wildman–Crippen MR) is 130 cm³/mol. The molecule has 0 aromatic carbocycles. The van der Waals surface area contributed by atoms with Gasteiger partial charge < -0.3 is 10.2 Å². The minimum atomic E-state index is -0.160. The number of aliphatic hydroxyl groups is 2. The molecule has 8 unspecified atom stereocenters. The van der Waals surface area contributed by atoms with E-state index in [1.165, 1.54) is 77.0 Å². The van der Waals surface area contributed by atoms with E-state index in [0.717, 1.165) is 19.3 Å². The Morgan fingerprint density at radius 1 is 0.581 bits per heavy atom. The molecule has 0 amide bonds. The molecule has 0 aliphatic heterocycles. The van der Waals surface area contributed by atoms with Crippen LogP contribution >= 0.6 is 0 Å². The van der Waals surface area contributed by atoms with Crippen molar-refractivity contribution >= 4 is 0 Å². The van der Waals surface area contributed by atoms with Crippen LogP contribution in [-0.4, -0.2) is 22.4 Å². The lowest BCUT2D eigenvalue weighted by Gasteiger charge is -2.52. The van der Waals surface area contributed by atoms with Crippen LogP contribution in [0.2, 0.25) is 0 Å². The molecule has 4 aliphatic rings. The lowest BCUT2D eigenvalue weighted by molar-refractivity contribution is -0.104. The summed E-state index contributed by atoms with van der Waals surface area (Å²) in [5.74, 6) is 3.12. The van der Waals surface area contributed by atoms with Gasteiger partial charge in [-0.15, -0.1) is 0 Å². The van der Waals surface area contributed by atoms with Crippen LogP contribution in [0.3, 0.4) is 0 Å². The van der Waals surface area contributed by atoms with E-state index in [4.69, 9.17) is 0 Å². The molecule has 0 heterocycles. The molecule has 2 heteroatoms. The maximum Gasteiger partial charge on any atom is 0.0602 e. The van der Waals surface area contributed by atoms with Crippen molar-refractivity contribution in [2.24, 2.45) is 46.3 Å². The second-order valence-electron chi connectivity index (χ2n) is 13.5. The van der Waals surface area contributed by atoms with E-state index in [0.29, 0.717) is 46.3 Å². The Labute approximate surface area is 193 Å². The number of hydrogen-bond donors (Lipinski definition) is 2. The van der Waals surface area contributed by atoms with Gasteiger partial charge in [-0.3, -0.25) is 0 Å². The lowest BCUT2D eigenvalue weighted by Crippen LogP contribution is -2.49. The molecule has 2 nitrogen and oxygen atoms in total. The molecule has 0 aromatic heterocycles. The third-order valence-electron chi connectivity index (χ3n) is 10.9. The van der Waals surface area contributed by atoms with Crippen LogP contribution < -0.4 is 0 Å². The normalized spacial score (nSPS) is 45.9. The smallest absolute Gasteiger partial charge is 0.0602 e. The zero-order valence-corrected chi connectivity index (χ0v) is 21.1. The SMILES string of the molecule is CC1CC(CC2CC(C)CC(C3(C)CCCCC3)C2O)C(O)C(C2(C)CCCCC2)C1. The van der Waals surface area contributed by atoms with Crippen LogP contribution in [0, 0.1) is 46.3 Å². The number of hydrogen-bond acceptors (Lipinski definition) is 2. The third-order valence-corrected chi connectivity index (χ3v) is 10.9. The summed E-state index contributed by atoms with van der Waals surface area (Å²) in [6.07, 6.45) is 18.8. The summed E-state index contributed by atoms with van der Waals surface area (Å²) in [4.78, 5) is 0. The summed E-state index contributed by atoms with van der Waals surface area (Å²) < 4.78 is 0. The van der Waals surface area contributed by atoms with E-state index in [2.05, 4.69) is 27.7 Å². The average Bonchev–Trinajstić information content (AvgIpc) is 2.73. The van der Waals surface area contributed by atoms with Gasteiger partial charge in [-0.2, -0.15) is 0 Å². The van der Waals surface area contributed by atoms with E-state index in [1.807, 2.05) is 0 Å². The van der Waals surface area contributed by atoms with Gasteiger partial charge in [0.2, 0.25) is 0 Å². The summed E-state index contributed by atoms with van der Waals surface area (Å²) in [5.41, 5.74) is 0.669. The molecule has 0 spiro atoms. The molecule has 0 aromatic rings. The molecule has 4 saturated carbocycles. The zero-order valence-electron chi connectivity index (χ0n) is 21.1. The van der Waals surface area contributed by atoms with Crippen LogP contribution in [0.25, 0.3) is 0 Å². The third kappa shape index (κ3) is 5.06. The average molecular weight is 433 g/mol. The number of aliphatic hydroxyl groups excluding tert-OH is 2. The first-order chi connectivity index (χ1) is 14.7. The van der Waals surface area contributed by atoms with Crippen molar-refractivity contribution in [2.45, 2.75) is 136 Å². The monoisotopic (exact) mass is 432 g/mol. The Hall–Kier alpha value is -0.0800. The molecule has 4 fully saturated rings. The highest BCUT2D eigenvalue weighted by Crippen LogP contribution is 2.54. The van der Waals surface area contributed by atoms with Crippen LogP contribution in [0.1, 0.15) is 124 Å². The van der Waals surface area contributed by atoms with Gasteiger partial charge >= 0.3 is 0 Å². The summed E-state index contributed by atoms with van der Waals surface area (Å²) >= 11 is 0. The maximum absolute atomic E-state index is 11.6. The molecular formula is C29H52O2. The van der Waals surface area contributed by atoms with Gasteiger partial charge in [-0.05, 0) is 104 Å². The molecule has 0 bridgehead atoms. The van der Waals surface area contributed by atoms with Gasteiger partial charge in [0, 0.05) is 0 Å². The molecule has 2 N–H and O–H groups in total. The van der Waals surface area contributed by atoms with E-state index in [-0.39, 0.29) is 12.2 Å². The number of rotatable bonds is 4. The molecular weight excluding hydrogens is 380 g/mol. The molecule has 8 atom stereocenters. The van der Waals surface area contributed by atoms with E-state index in [9.17, 15) is 10.2 Å². The Balaban J connectivity index is 1.47. The van der Waals surface area contributed by atoms with Gasteiger partial charge in [0.25, 0.3) is 0 Å². The van der Waals surface area contributed by atoms with Gasteiger partial charge in [-0.1, -0.05) is 66.2 Å². The summed E-state index contributed by atoms with van der Waals surface area (Å²) in [7, 11) is 0. The first-order valence-electron chi connectivity index (χ1n) is 14.1.